The molecule has 2 rings (SSSR count). The minimum atomic E-state index is 0.0481. The van der Waals surface area contributed by atoms with Crippen LogP contribution in [0.3, 0.4) is 0 Å². The fraction of sp³-hybridized carbons (Fsp3) is 0.435. The van der Waals surface area contributed by atoms with Crippen molar-refractivity contribution in [1.29, 1.82) is 0 Å². The van der Waals surface area contributed by atoms with E-state index >= 15 is 0 Å². The second-order valence-corrected chi connectivity index (χ2v) is 8.77. The highest BCUT2D eigenvalue weighted by Crippen LogP contribution is 2.25. The van der Waals surface area contributed by atoms with E-state index in [1.54, 1.807) is 0 Å². The third-order valence-electron chi connectivity index (χ3n) is 4.59. The quantitative estimate of drug-likeness (QED) is 0.537. The Balaban J connectivity index is 1.89. The lowest BCUT2D eigenvalue weighted by atomic mass is 9.86. The lowest BCUT2D eigenvalue weighted by Gasteiger charge is -2.19. The summed E-state index contributed by atoms with van der Waals surface area (Å²) >= 11 is 3.58. The summed E-state index contributed by atoms with van der Waals surface area (Å²) in [7, 11) is 0. The van der Waals surface area contributed by atoms with Crippen LogP contribution in [0.25, 0.3) is 0 Å². The number of hydrogen-bond donors (Lipinski definition) is 1. The standard InChI is InChI=1S/C23H30BrNO/c1-5-6-7-18-10-14-21(20(24)16-18)25-22(26)15-11-17-8-12-19(13-9-17)23(2,3)4/h8-10,12-14,16H,5-7,11,15H2,1-4H3,(H,25,26). The van der Waals surface area contributed by atoms with Crippen LogP contribution in [0, 0.1) is 0 Å². The average Bonchev–Trinajstić information content (AvgIpc) is 2.60. The molecular weight excluding hydrogens is 386 g/mol. The number of carbonyl (C=O) groups is 1. The Morgan fingerprint density at radius 3 is 2.23 bits per heavy atom. The Morgan fingerprint density at radius 1 is 1.00 bits per heavy atom. The van der Waals surface area contributed by atoms with Crippen LogP contribution in [0.4, 0.5) is 5.69 Å². The second-order valence-electron chi connectivity index (χ2n) is 7.91. The van der Waals surface area contributed by atoms with Gasteiger partial charge in [-0.15, -0.1) is 0 Å². The van der Waals surface area contributed by atoms with Gasteiger partial charge in [0.1, 0.15) is 0 Å². The predicted octanol–water partition coefficient (Wildman–Crippen LogP) is 6.66. The number of carbonyl (C=O) groups excluding carboxylic acids is 1. The summed E-state index contributed by atoms with van der Waals surface area (Å²) in [6.07, 6.45) is 4.69. The van der Waals surface area contributed by atoms with Crippen molar-refractivity contribution in [3.63, 3.8) is 0 Å². The second kappa shape index (κ2) is 9.36. The van der Waals surface area contributed by atoms with Crippen LogP contribution in [0.1, 0.15) is 63.6 Å². The summed E-state index contributed by atoms with van der Waals surface area (Å²) in [5, 5.41) is 3.01. The number of amides is 1. The van der Waals surface area contributed by atoms with E-state index in [0.29, 0.717) is 6.42 Å². The van der Waals surface area contributed by atoms with Crippen molar-refractivity contribution in [2.45, 2.75) is 65.2 Å². The number of halogens is 1. The molecule has 0 saturated carbocycles. The predicted molar refractivity (Wildman–Crippen MR) is 115 cm³/mol. The van der Waals surface area contributed by atoms with Gasteiger partial charge in [-0.2, -0.15) is 0 Å². The molecule has 0 radical (unpaired) electrons. The first-order chi connectivity index (χ1) is 12.3. The Labute approximate surface area is 166 Å². The van der Waals surface area contributed by atoms with Crippen molar-refractivity contribution in [3.05, 3.63) is 63.6 Å². The van der Waals surface area contributed by atoms with E-state index in [4.69, 9.17) is 0 Å². The maximum atomic E-state index is 12.3. The van der Waals surface area contributed by atoms with Gasteiger partial charge in [-0.25, -0.2) is 0 Å². The minimum absolute atomic E-state index is 0.0481. The number of unbranched alkanes of at least 4 members (excludes halogenated alkanes) is 1. The van der Waals surface area contributed by atoms with Gasteiger partial charge in [-0.05, 0) is 69.4 Å². The van der Waals surface area contributed by atoms with E-state index in [0.717, 1.165) is 23.0 Å². The maximum absolute atomic E-state index is 12.3. The molecule has 0 bridgehead atoms. The molecule has 0 atom stereocenters. The summed E-state index contributed by atoms with van der Waals surface area (Å²) in [6, 6.07) is 14.8. The molecule has 0 aromatic heterocycles. The van der Waals surface area contributed by atoms with Crippen LogP contribution < -0.4 is 5.32 Å². The van der Waals surface area contributed by atoms with E-state index in [2.05, 4.69) is 85.3 Å². The number of rotatable bonds is 7. The first-order valence-corrected chi connectivity index (χ1v) is 10.3. The summed E-state index contributed by atoms with van der Waals surface area (Å²) < 4.78 is 0.953. The molecule has 1 N–H and O–H groups in total. The molecule has 1 amide bonds. The summed E-state index contributed by atoms with van der Waals surface area (Å²) in [4.78, 5) is 12.3. The van der Waals surface area contributed by atoms with E-state index in [-0.39, 0.29) is 11.3 Å². The average molecular weight is 416 g/mol. The van der Waals surface area contributed by atoms with E-state index < -0.39 is 0 Å². The van der Waals surface area contributed by atoms with Crippen LogP contribution in [-0.2, 0) is 23.1 Å². The number of anilines is 1. The van der Waals surface area contributed by atoms with E-state index in [9.17, 15) is 4.79 Å². The van der Waals surface area contributed by atoms with Gasteiger partial charge < -0.3 is 5.32 Å². The number of hydrogen-bond acceptors (Lipinski definition) is 1. The first kappa shape index (κ1) is 20.7. The SMILES string of the molecule is CCCCc1ccc(NC(=O)CCc2ccc(C(C)(C)C)cc2)c(Br)c1. The fourth-order valence-corrected chi connectivity index (χ4v) is 3.36. The lowest BCUT2D eigenvalue weighted by Crippen LogP contribution is -2.13. The van der Waals surface area contributed by atoms with Gasteiger partial charge in [0, 0.05) is 10.9 Å². The molecule has 0 fully saturated rings. The van der Waals surface area contributed by atoms with Gasteiger partial charge in [0.25, 0.3) is 0 Å². The zero-order valence-electron chi connectivity index (χ0n) is 16.4. The first-order valence-electron chi connectivity index (χ1n) is 9.47. The molecule has 0 aliphatic carbocycles. The largest absolute Gasteiger partial charge is 0.325 e. The van der Waals surface area contributed by atoms with Crippen molar-refractivity contribution in [2.24, 2.45) is 0 Å². The highest BCUT2D eigenvalue weighted by Gasteiger charge is 2.13. The van der Waals surface area contributed by atoms with Crippen LogP contribution in [0.15, 0.2) is 46.9 Å². The summed E-state index contributed by atoms with van der Waals surface area (Å²) in [5.74, 6) is 0.0481. The Bertz CT molecular complexity index is 729. The number of aryl methyl sites for hydroxylation is 2. The molecule has 0 unspecified atom stereocenters. The normalized spacial score (nSPS) is 11.4. The smallest absolute Gasteiger partial charge is 0.224 e. The van der Waals surface area contributed by atoms with Crippen molar-refractivity contribution < 1.29 is 4.79 Å². The van der Waals surface area contributed by atoms with Crippen LogP contribution in [0.5, 0.6) is 0 Å². The Kier molecular flexibility index (Phi) is 7.45. The summed E-state index contributed by atoms with van der Waals surface area (Å²) in [5.41, 5.74) is 4.82. The highest BCUT2D eigenvalue weighted by molar-refractivity contribution is 9.10. The molecule has 2 aromatic carbocycles. The zero-order chi connectivity index (χ0) is 19.2. The van der Waals surface area contributed by atoms with Crippen molar-refractivity contribution in [2.75, 3.05) is 5.32 Å². The summed E-state index contributed by atoms with van der Waals surface area (Å²) in [6.45, 7) is 8.82. The molecule has 0 spiro atoms. The Morgan fingerprint density at radius 2 is 1.65 bits per heavy atom. The third-order valence-corrected chi connectivity index (χ3v) is 5.24. The molecular formula is C23H30BrNO. The highest BCUT2D eigenvalue weighted by atomic mass is 79.9. The van der Waals surface area contributed by atoms with Crippen LogP contribution in [0.2, 0.25) is 0 Å². The minimum Gasteiger partial charge on any atom is -0.325 e. The van der Waals surface area contributed by atoms with E-state index in [1.807, 2.05) is 6.07 Å². The lowest BCUT2D eigenvalue weighted by molar-refractivity contribution is -0.116. The molecule has 0 heterocycles. The Hall–Kier alpha value is -1.61. The third kappa shape index (κ3) is 6.28. The zero-order valence-corrected chi connectivity index (χ0v) is 17.9. The molecule has 2 aromatic rings. The molecule has 140 valence electrons. The molecule has 0 saturated heterocycles. The van der Waals surface area contributed by atoms with Gasteiger partial charge in [-0.3, -0.25) is 4.79 Å². The van der Waals surface area contributed by atoms with Crippen LogP contribution >= 0.6 is 15.9 Å². The number of nitrogens with one attached hydrogen (secondary N) is 1. The monoisotopic (exact) mass is 415 g/mol. The molecule has 2 nitrogen and oxygen atoms in total. The maximum Gasteiger partial charge on any atom is 0.224 e. The van der Waals surface area contributed by atoms with Gasteiger partial charge in [-0.1, -0.05) is 64.4 Å². The van der Waals surface area contributed by atoms with Gasteiger partial charge in [0.15, 0.2) is 0 Å². The molecule has 3 heteroatoms. The van der Waals surface area contributed by atoms with Gasteiger partial charge in [0.05, 0.1) is 5.69 Å². The van der Waals surface area contributed by atoms with Gasteiger partial charge in [0.2, 0.25) is 5.91 Å². The topological polar surface area (TPSA) is 29.1 Å². The van der Waals surface area contributed by atoms with Crippen molar-refractivity contribution in [1.82, 2.24) is 0 Å². The van der Waals surface area contributed by atoms with Crippen molar-refractivity contribution >= 4 is 27.5 Å². The molecule has 0 aliphatic rings. The fourth-order valence-electron chi connectivity index (χ4n) is 2.84. The van der Waals surface area contributed by atoms with Crippen molar-refractivity contribution in [3.8, 4) is 0 Å². The molecule has 0 aliphatic heterocycles. The molecule has 26 heavy (non-hydrogen) atoms. The van der Waals surface area contributed by atoms with E-state index in [1.165, 1.54) is 29.5 Å². The van der Waals surface area contributed by atoms with Crippen LogP contribution in [-0.4, -0.2) is 5.91 Å². The number of benzene rings is 2. The van der Waals surface area contributed by atoms with Gasteiger partial charge >= 0.3 is 0 Å².